The summed E-state index contributed by atoms with van der Waals surface area (Å²) in [7, 11) is -2.48. The van der Waals surface area contributed by atoms with E-state index in [0.717, 1.165) is 4.31 Å². The van der Waals surface area contributed by atoms with Crippen LogP contribution in [0.25, 0.3) is 11.1 Å². The van der Waals surface area contributed by atoms with Crippen molar-refractivity contribution < 1.29 is 22.4 Å². The van der Waals surface area contributed by atoms with Gasteiger partial charge in [-0.3, -0.25) is 4.98 Å². The van der Waals surface area contributed by atoms with Gasteiger partial charge in [0.05, 0.1) is 23.8 Å². The molecule has 0 saturated carbocycles. The van der Waals surface area contributed by atoms with Crippen molar-refractivity contribution in [2.24, 2.45) is 0 Å². The smallest absolute Gasteiger partial charge is 0.269 e. The summed E-state index contributed by atoms with van der Waals surface area (Å²) < 4.78 is 44.2. The lowest BCUT2D eigenvalue weighted by Gasteiger charge is -2.23. The van der Waals surface area contributed by atoms with E-state index >= 15 is 0 Å². The minimum Gasteiger partial charge on any atom is -0.382 e. The first-order valence-electron chi connectivity index (χ1n) is 8.98. The van der Waals surface area contributed by atoms with Gasteiger partial charge < -0.3 is 14.0 Å². The molecular weight excluding hydrogens is 394 g/mol. The topological polar surface area (TPSA) is 94.8 Å². The number of anilines is 1. The molecule has 0 aliphatic rings. The van der Waals surface area contributed by atoms with Gasteiger partial charge in [0.2, 0.25) is 5.88 Å². The van der Waals surface area contributed by atoms with E-state index in [1.165, 1.54) is 0 Å². The standard InChI is InChI=1S/C20H23N3O5S/c1-15-16(2)22-28-20(15)23(14-27-12-11-26-3)29(24,25)19-9-5-4-8-18(19)17-7-6-10-21-13-17/h4-10,13H,11-12,14H2,1-3H3. The first-order chi connectivity index (χ1) is 14.0. The van der Waals surface area contributed by atoms with E-state index in [4.69, 9.17) is 14.0 Å². The second-order valence-corrected chi connectivity index (χ2v) is 8.15. The average molecular weight is 417 g/mol. The molecule has 0 aliphatic carbocycles. The molecule has 8 nitrogen and oxygen atoms in total. The van der Waals surface area contributed by atoms with E-state index in [2.05, 4.69) is 10.1 Å². The van der Waals surface area contributed by atoms with Crippen LogP contribution < -0.4 is 4.31 Å². The van der Waals surface area contributed by atoms with Gasteiger partial charge in [-0.1, -0.05) is 29.4 Å². The number of aromatic nitrogens is 2. The molecule has 154 valence electrons. The molecule has 0 N–H and O–H groups in total. The van der Waals surface area contributed by atoms with Crippen LogP contribution in [0.15, 0.2) is 58.2 Å². The molecule has 0 aliphatic heterocycles. The summed E-state index contributed by atoms with van der Waals surface area (Å²) >= 11 is 0. The number of methoxy groups -OCH3 is 1. The van der Waals surface area contributed by atoms with Gasteiger partial charge in [-0.2, -0.15) is 0 Å². The Balaban J connectivity index is 2.07. The zero-order valence-electron chi connectivity index (χ0n) is 16.5. The van der Waals surface area contributed by atoms with Gasteiger partial charge in [0.25, 0.3) is 10.0 Å². The second-order valence-electron chi connectivity index (χ2n) is 6.32. The number of hydrogen-bond donors (Lipinski definition) is 0. The summed E-state index contributed by atoms with van der Waals surface area (Å²) in [4.78, 5) is 4.22. The van der Waals surface area contributed by atoms with Crippen molar-refractivity contribution in [3.05, 3.63) is 60.0 Å². The monoisotopic (exact) mass is 417 g/mol. The molecule has 0 atom stereocenters. The van der Waals surface area contributed by atoms with Crippen LogP contribution in [0.1, 0.15) is 11.3 Å². The molecular formula is C20H23N3O5S. The number of aryl methyl sites for hydroxylation is 1. The van der Waals surface area contributed by atoms with E-state index in [1.54, 1.807) is 63.7 Å². The van der Waals surface area contributed by atoms with Crippen LogP contribution in [0.4, 0.5) is 5.88 Å². The van der Waals surface area contributed by atoms with Crippen LogP contribution in [0.5, 0.6) is 0 Å². The molecule has 3 aromatic rings. The van der Waals surface area contributed by atoms with Gasteiger partial charge in [-0.15, -0.1) is 0 Å². The molecule has 0 spiro atoms. The third-order valence-electron chi connectivity index (χ3n) is 4.43. The van der Waals surface area contributed by atoms with Gasteiger partial charge in [-0.05, 0) is 26.0 Å². The average Bonchev–Trinajstić information content (AvgIpc) is 3.07. The van der Waals surface area contributed by atoms with Crippen LogP contribution in [0.3, 0.4) is 0 Å². The predicted molar refractivity (Wildman–Crippen MR) is 108 cm³/mol. The second kappa shape index (κ2) is 9.17. The first-order valence-corrected chi connectivity index (χ1v) is 10.4. The van der Waals surface area contributed by atoms with Crippen LogP contribution in [-0.4, -0.2) is 45.6 Å². The van der Waals surface area contributed by atoms with Crippen LogP contribution in [0, 0.1) is 13.8 Å². The Labute approximate surface area is 170 Å². The number of rotatable bonds is 9. The van der Waals surface area contributed by atoms with Crippen molar-refractivity contribution in [2.45, 2.75) is 18.7 Å². The zero-order chi connectivity index (χ0) is 20.9. The Morgan fingerprint density at radius 2 is 1.90 bits per heavy atom. The van der Waals surface area contributed by atoms with E-state index in [0.29, 0.717) is 29.0 Å². The Kier molecular flexibility index (Phi) is 6.63. The third-order valence-corrected chi connectivity index (χ3v) is 6.19. The summed E-state index contributed by atoms with van der Waals surface area (Å²) in [5.74, 6) is 0.126. The molecule has 0 fully saturated rings. The van der Waals surface area contributed by atoms with Gasteiger partial charge in [0, 0.05) is 36.2 Å². The first kappa shape index (κ1) is 21.0. The molecule has 0 radical (unpaired) electrons. The van der Waals surface area contributed by atoms with Crippen molar-refractivity contribution in [1.82, 2.24) is 10.1 Å². The van der Waals surface area contributed by atoms with Crippen LogP contribution in [0.2, 0.25) is 0 Å². The fourth-order valence-corrected chi connectivity index (χ4v) is 4.29. The molecule has 2 heterocycles. The fraction of sp³-hybridized carbons (Fsp3) is 0.300. The Morgan fingerprint density at radius 3 is 2.55 bits per heavy atom. The highest BCUT2D eigenvalue weighted by Gasteiger charge is 2.32. The lowest BCUT2D eigenvalue weighted by molar-refractivity contribution is 0.0744. The number of pyridine rings is 1. The lowest BCUT2D eigenvalue weighted by atomic mass is 10.1. The Bertz CT molecular complexity index is 1050. The number of nitrogens with zero attached hydrogens (tertiary/aromatic N) is 3. The molecule has 0 bridgehead atoms. The largest absolute Gasteiger partial charge is 0.382 e. The lowest BCUT2D eigenvalue weighted by Crippen LogP contribution is -2.34. The number of sulfonamides is 1. The summed E-state index contributed by atoms with van der Waals surface area (Å²) in [5, 5.41) is 3.90. The normalized spacial score (nSPS) is 11.6. The SMILES string of the molecule is COCCOCN(c1onc(C)c1C)S(=O)(=O)c1ccccc1-c1cccnc1. The van der Waals surface area contributed by atoms with Crippen molar-refractivity contribution in [1.29, 1.82) is 0 Å². The van der Waals surface area contributed by atoms with E-state index in [1.807, 2.05) is 6.07 Å². The van der Waals surface area contributed by atoms with Crippen LogP contribution in [-0.2, 0) is 19.5 Å². The predicted octanol–water partition coefficient (Wildman–Crippen LogP) is 3.17. The summed E-state index contributed by atoms with van der Waals surface area (Å²) in [6, 6.07) is 10.3. The third kappa shape index (κ3) is 4.47. The van der Waals surface area contributed by atoms with Crippen molar-refractivity contribution in [3.63, 3.8) is 0 Å². The molecule has 1 aromatic carbocycles. The molecule has 2 aromatic heterocycles. The molecule has 0 amide bonds. The van der Waals surface area contributed by atoms with Gasteiger partial charge in [0.15, 0.2) is 0 Å². The minimum absolute atomic E-state index is 0.122. The van der Waals surface area contributed by atoms with Crippen LogP contribution >= 0.6 is 0 Å². The number of hydrogen-bond acceptors (Lipinski definition) is 7. The highest BCUT2D eigenvalue weighted by molar-refractivity contribution is 7.93. The van der Waals surface area contributed by atoms with E-state index in [9.17, 15) is 8.42 Å². The number of ether oxygens (including phenoxy) is 2. The highest BCUT2D eigenvalue weighted by atomic mass is 32.2. The quantitative estimate of drug-likeness (QED) is 0.390. The van der Waals surface area contributed by atoms with Gasteiger partial charge in [-0.25, -0.2) is 12.7 Å². The van der Waals surface area contributed by atoms with Crippen molar-refractivity contribution >= 4 is 15.9 Å². The summed E-state index contributed by atoms with van der Waals surface area (Å²) in [6.45, 7) is 3.85. The maximum absolute atomic E-state index is 13.7. The molecule has 3 rings (SSSR count). The molecule has 9 heteroatoms. The van der Waals surface area contributed by atoms with Gasteiger partial charge in [0.1, 0.15) is 6.73 Å². The van der Waals surface area contributed by atoms with Gasteiger partial charge >= 0.3 is 0 Å². The Hall–Kier alpha value is -2.75. The maximum Gasteiger partial charge on any atom is 0.269 e. The zero-order valence-corrected chi connectivity index (χ0v) is 17.3. The van der Waals surface area contributed by atoms with E-state index in [-0.39, 0.29) is 24.1 Å². The summed E-state index contributed by atoms with van der Waals surface area (Å²) in [6.07, 6.45) is 3.26. The molecule has 0 unspecified atom stereocenters. The van der Waals surface area contributed by atoms with Crippen molar-refractivity contribution in [2.75, 3.05) is 31.4 Å². The fourth-order valence-electron chi connectivity index (χ4n) is 2.73. The summed E-state index contributed by atoms with van der Waals surface area (Å²) in [5.41, 5.74) is 2.47. The highest BCUT2D eigenvalue weighted by Crippen LogP contribution is 2.33. The van der Waals surface area contributed by atoms with Crippen molar-refractivity contribution in [3.8, 4) is 11.1 Å². The molecule has 0 saturated heterocycles. The Morgan fingerprint density at radius 1 is 1.10 bits per heavy atom. The maximum atomic E-state index is 13.7. The minimum atomic E-state index is -4.02. The number of benzene rings is 1. The molecule has 29 heavy (non-hydrogen) atoms. The van der Waals surface area contributed by atoms with E-state index < -0.39 is 10.0 Å².